The first kappa shape index (κ1) is 10.7. The quantitative estimate of drug-likeness (QED) is 0.831. The monoisotopic (exact) mass is 258 g/mol. The Bertz CT molecular complexity index is 225. The molecule has 1 saturated carbocycles. The molecule has 80 valence electrons. The lowest BCUT2D eigenvalue weighted by atomic mass is 10.2. The van der Waals surface area contributed by atoms with E-state index in [9.17, 15) is 0 Å². The first-order chi connectivity index (χ1) is 6.66. The van der Waals surface area contributed by atoms with Crippen molar-refractivity contribution in [2.75, 3.05) is 13.1 Å². The summed E-state index contributed by atoms with van der Waals surface area (Å²) < 4.78 is 1.05. The number of hydrogen-bond acceptors (Lipinski definition) is 2. The maximum atomic E-state index is 3.84. The molecule has 0 aromatic carbocycles. The van der Waals surface area contributed by atoms with Crippen LogP contribution in [0, 0.1) is 0 Å². The summed E-state index contributed by atoms with van der Waals surface area (Å²) in [7, 11) is 0. The van der Waals surface area contributed by atoms with Gasteiger partial charge in [-0.1, -0.05) is 22.5 Å². The predicted molar refractivity (Wildman–Crippen MR) is 63.7 cm³/mol. The highest BCUT2D eigenvalue weighted by Crippen LogP contribution is 2.33. The summed E-state index contributed by atoms with van der Waals surface area (Å²) in [6.07, 6.45) is 4.13. The third-order valence-electron chi connectivity index (χ3n) is 3.22. The lowest BCUT2D eigenvalue weighted by Crippen LogP contribution is -2.34. The fourth-order valence-corrected chi connectivity index (χ4v) is 2.54. The highest BCUT2D eigenvalue weighted by atomic mass is 79.9. The molecule has 2 nitrogen and oxygen atoms in total. The SMILES string of the molecule is C=C(Br)CNC1CC(C)N(C2CC2)C1. The molecule has 0 aromatic rings. The number of rotatable bonds is 4. The molecular formula is C11H19BrN2. The Morgan fingerprint density at radius 3 is 2.86 bits per heavy atom. The first-order valence-electron chi connectivity index (χ1n) is 5.49. The predicted octanol–water partition coefficient (Wildman–Crippen LogP) is 2.11. The number of hydrogen-bond donors (Lipinski definition) is 1. The summed E-state index contributed by atoms with van der Waals surface area (Å²) in [5.74, 6) is 0. The smallest absolute Gasteiger partial charge is 0.0268 e. The molecule has 2 aliphatic rings. The lowest BCUT2D eigenvalue weighted by molar-refractivity contribution is 0.255. The van der Waals surface area contributed by atoms with E-state index in [1.165, 1.54) is 25.8 Å². The van der Waals surface area contributed by atoms with Crippen molar-refractivity contribution in [3.63, 3.8) is 0 Å². The van der Waals surface area contributed by atoms with E-state index in [1.807, 2.05) is 0 Å². The van der Waals surface area contributed by atoms with Gasteiger partial charge < -0.3 is 5.32 Å². The van der Waals surface area contributed by atoms with Gasteiger partial charge in [-0.25, -0.2) is 0 Å². The van der Waals surface area contributed by atoms with E-state index >= 15 is 0 Å². The van der Waals surface area contributed by atoms with Gasteiger partial charge in [0.15, 0.2) is 0 Å². The van der Waals surface area contributed by atoms with Crippen molar-refractivity contribution in [3.8, 4) is 0 Å². The topological polar surface area (TPSA) is 15.3 Å². The highest BCUT2D eigenvalue weighted by molar-refractivity contribution is 9.11. The van der Waals surface area contributed by atoms with Gasteiger partial charge in [0.1, 0.15) is 0 Å². The second-order valence-electron chi connectivity index (χ2n) is 4.61. The average Bonchev–Trinajstić information content (AvgIpc) is 2.88. The van der Waals surface area contributed by atoms with E-state index in [0.717, 1.165) is 23.1 Å². The Hall–Kier alpha value is 0.140. The van der Waals surface area contributed by atoms with Crippen LogP contribution in [0.3, 0.4) is 0 Å². The fourth-order valence-electron chi connectivity index (χ4n) is 2.37. The van der Waals surface area contributed by atoms with Crippen LogP contribution in [0.5, 0.6) is 0 Å². The van der Waals surface area contributed by atoms with Crippen molar-refractivity contribution < 1.29 is 0 Å². The van der Waals surface area contributed by atoms with Crippen LogP contribution in [0.1, 0.15) is 26.2 Å². The fraction of sp³-hybridized carbons (Fsp3) is 0.818. The van der Waals surface area contributed by atoms with Gasteiger partial charge in [0.2, 0.25) is 0 Å². The Labute approximate surface area is 94.9 Å². The Morgan fingerprint density at radius 2 is 2.29 bits per heavy atom. The minimum absolute atomic E-state index is 0.667. The molecule has 14 heavy (non-hydrogen) atoms. The summed E-state index contributed by atoms with van der Waals surface area (Å²) in [5.41, 5.74) is 0. The van der Waals surface area contributed by atoms with Crippen LogP contribution in [0.25, 0.3) is 0 Å². The van der Waals surface area contributed by atoms with Crippen LogP contribution in [0.2, 0.25) is 0 Å². The average molecular weight is 259 g/mol. The van der Waals surface area contributed by atoms with E-state index < -0.39 is 0 Å². The number of likely N-dealkylation sites (tertiary alicyclic amines) is 1. The van der Waals surface area contributed by atoms with Gasteiger partial charge in [-0.3, -0.25) is 4.90 Å². The highest BCUT2D eigenvalue weighted by Gasteiger charge is 2.38. The largest absolute Gasteiger partial charge is 0.308 e. The summed E-state index contributed by atoms with van der Waals surface area (Å²) >= 11 is 3.38. The van der Waals surface area contributed by atoms with Gasteiger partial charge in [-0.2, -0.15) is 0 Å². The molecule has 0 amide bonds. The number of nitrogens with one attached hydrogen (secondary N) is 1. The molecule has 2 fully saturated rings. The third-order valence-corrected chi connectivity index (χ3v) is 3.50. The van der Waals surface area contributed by atoms with Crippen molar-refractivity contribution in [2.45, 2.75) is 44.3 Å². The maximum Gasteiger partial charge on any atom is 0.0268 e. The zero-order valence-electron chi connectivity index (χ0n) is 8.80. The Morgan fingerprint density at radius 1 is 1.57 bits per heavy atom. The zero-order chi connectivity index (χ0) is 10.1. The van der Waals surface area contributed by atoms with E-state index in [4.69, 9.17) is 0 Å². The minimum Gasteiger partial charge on any atom is -0.308 e. The Kier molecular flexibility index (Phi) is 3.30. The molecule has 1 saturated heterocycles. The molecule has 2 unspecified atom stereocenters. The van der Waals surface area contributed by atoms with Gasteiger partial charge in [0.05, 0.1) is 0 Å². The van der Waals surface area contributed by atoms with Gasteiger partial charge in [-0.05, 0) is 26.2 Å². The van der Waals surface area contributed by atoms with Gasteiger partial charge >= 0.3 is 0 Å². The molecule has 0 radical (unpaired) electrons. The lowest BCUT2D eigenvalue weighted by Gasteiger charge is -2.19. The summed E-state index contributed by atoms with van der Waals surface area (Å²) in [4.78, 5) is 2.66. The normalized spacial score (nSPS) is 33.6. The van der Waals surface area contributed by atoms with Crippen molar-refractivity contribution in [1.29, 1.82) is 0 Å². The molecule has 0 bridgehead atoms. The van der Waals surface area contributed by atoms with Crippen molar-refractivity contribution in [2.24, 2.45) is 0 Å². The van der Waals surface area contributed by atoms with E-state index in [-0.39, 0.29) is 0 Å². The van der Waals surface area contributed by atoms with E-state index in [2.05, 4.69) is 39.6 Å². The van der Waals surface area contributed by atoms with E-state index in [0.29, 0.717) is 6.04 Å². The molecule has 1 N–H and O–H groups in total. The van der Waals surface area contributed by atoms with Gasteiger partial charge in [0, 0.05) is 35.7 Å². The molecule has 1 heterocycles. The number of halogens is 1. The van der Waals surface area contributed by atoms with Crippen LogP contribution in [-0.4, -0.2) is 36.1 Å². The second kappa shape index (κ2) is 4.33. The van der Waals surface area contributed by atoms with Crippen molar-refractivity contribution in [3.05, 3.63) is 11.1 Å². The van der Waals surface area contributed by atoms with E-state index in [1.54, 1.807) is 0 Å². The molecule has 2 atom stereocenters. The van der Waals surface area contributed by atoms with Crippen LogP contribution < -0.4 is 5.32 Å². The summed E-state index contributed by atoms with van der Waals surface area (Å²) in [5, 5.41) is 3.54. The minimum atomic E-state index is 0.667. The molecule has 1 aliphatic carbocycles. The second-order valence-corrected chi connectivity index (χ2v) is 5.73. The van der Waals surface area contributed by atoms with Gasteiger partial charge in [0.25, 0.3) is 0 Å². The molecular weight excluding hydrogens is 240 g/mol. The van der Waals surface area contributed by atoms with Gasteiger partial charge in [-0.15, -0.1) is 0 Å². The van der Waals surface area contributed by atoms with Crippen LogP contribution >= 0.6 is 15.9 Å². The number of nitrogens with zero attached hydrogens (tertiary/aromatic N) is 1. The van der Waals surface area contributed by atoms with Crippen molar-refractivity contribution in [1.82, 2.24) is 10.2 Å². The van der Waals surface area contributed by atoms with Crippen LogP contribution in [-0.2, 0) is 0 Å². The molecule has 3 heteroatoms. The van der Waals surface area contributed by atoms with Crippen molar-refractivity contribution >= 4 is 15.9 Å². The zero-order valence-corrected chi connectivity index (χ0v) is 10.4. The molecule has 1 aliphatic heterocycles. The van der Waals surface area contributed by atoms with Crippen LogP contribution in [0.15, 0.2) is 11.1 Å². The Balaban J connectivity index is 1.77. The molecule has 0 spiro atoms. The maximum absolute atomic E-state index is 3.84. The first-order valence-corrected chi connectivity index (χ1v) is 6.28. The summed E-state index contributed by atoms with van der Waals surface area (Å²) in [6, 6.07) is 2.34. The molecule has 2 rings (SSSR count). The summed E-state index contributed by atoms with van der Waals surface area (Å²) in [6.45, 7) is 8.32. The standard InChI is InChI=1S/C11H19BrN2/c1-8(12)6-13-10-5-9(2)14(7-10)11-3-4-11/h9-11,13H,1,3-7H2,2H3. The van der Waals surface area contributed by atoms with Crippen LogP contribution in [0.4, 0.5) is 0 Å². The third kappa shape index (κ3) is 2.59. The molecule has 0 aromatic heterocycles.